The van der Waals surface area contributed by atoms with E-state index in [9.17, 15) is 0 Å². The van der Waals surface area contributed by atoms with E-state index in [0.717, 1.165) is 15.0 Å². The lowest BCUT2D eigenvalue weighted by Crippen LogP contribution is -2.35. The first-order valence-corrected chi connectivity index (χ1v) is 7.02. The molecule has 0 aromatic heterocycles. The van der Waals surface area contributed by atoms with E-state index >= 15 is 0 Å². The minimum atomic E-state index is 0.584. The van der Waals surface area contributed by atoms with Gasteiger partial charge >= 0.3 is 0 Å². The van der Waals surface area contributed by atoms with Gasteiger partial charge in [0, 0.05) is 16.1 Å². The molecule has 0 radical (unpaired) electrons. The molecule has 0 aliphatic heterocycles. The minimum absolute atomic E-state index is 0.584. The molecule has 1 aromatic carbocycles. The molecule has 86 valence electrons. The zero-order chi connectivity index (χ0) is 11.4. The van der Waals surface area contributed by atoms with Crippen molar-refractivity contribution in [3.63, 3.8) is 0 Å². The monoisotopic (exact) mass is 297 g/mol. The Labute approximate surface area is 111 Å². The van der Waals surface area contributed by atoms with E-state index in [0.29, 0.717) is 6.04 Å². The lowest BCUT2D eigenvalue weighted by Gasteiger charge is -2.24. The number of hydrogen-bond acceptors (Lipinski definition) is 1. The van der Waals surface area contributed by atoms with Gasteiger partial charge in [0.25, 0.3) is 0 Å². The molecule has 0 bridgehead atoms. The molecule has 1 N–H and O–H groups in total. The molecule has 1 fully saturated rings. The average Bonchev–Trinajstić information content (AvgIpc) is 2.30. The van der Waals surface area contributed by atoms with Gasteiger partial charge in [0.15, 0.2) is 0 Å². The van der Waals surface area contributed by atoms with Gasteiger partial charge in [-0.05, 0) is 25.0 Å². The van der Waals surface area contributed by atoms with Crippen molar-refractivity contribution in [1.82, 2.24) is 5.32 Å². The smallest absolute Gasteiger partial charge is 0.106 e. The van der Waals surface area contributed by atoms with Gasteiger partial charge in [0.1, 0.15) is 4.99 Å². The van der Waals surface area contributed by atoms with E-state index in [4.69, 9.17) is 12.2 Å². The van der Waals surface area contributed by atoms with Gasteiger partial charge in [-0.25, -0.2) is 0 Å². The molecule has 0 amide bonds. The van der Waals surface area contributed by atoms with Crippen molar-refractivity contribution in [2.75, 3.05) is 0 Å². The van der Waals surface area contributed by atoms with Crippen LogP contribution in [-0.4, -0.2) is 11.0 Å². The Morgan fingerprint density at radius 2 is 2.00 bits per heavy atom. The number of thiocarbonyl (C=S) groups is 1. The van der Waals surface area contributed by atoms with Crippen molar-refractivity contribution < 1.29 is 0 Å². The van der Waals surface area contributed by atoms with E-state index in [1.807, 2.05) is 12.1 Å². The predicted molar refractivity (Wildman–Crippen MR) is 75.9 cm³/mol. The maximum Gasteiger partial charge on any atom is 0.106 e. The average molecular weight is 298 g/mol. The van der Waals surface area contributed by atoms with Crippen LogP contribution in [0.5, 0.6) is 0 Å². The fourth-order valence-electron chi connectivity index (χ4n) is 2.15. The summed E-state index contributed by atoms with van der Waals surface area (Å²) in [6, 6.07) is 8.75. The van der Waals surface area contributed by atoms with Crippen LogP contribution in [0.2, 0.25) is 0 Å². The molecule has 1 nitrogen and oxygen atoms in total. The maximum atomic E-state index is 5.43. The number of benzene rings is 1. The summed E-state index contributed by atoms with van der Waals surface area (Å²) >= 11 is 8.90. The van der Waals surface area contributed by atoms with E-state index in [1.54, 1.807) is 0 Å². The maximum absolute atomic E-state index is 5.43. The predicted octanol–water partition coefficient (Wildman–Crippen LogP) is 4.05. The molecule has 1 aromatic rings. The molecule has 0 saturated heterocycles. The Kier molecular flexibility index (Phi) is 4.36. The van der Waals surface area contributed by atoms with Gasteiger partial charge < -0.3 is 5.32 Å². The highest BCUT2D eigenvalue weighted by molar-refractivity contribution is 9.10. The van der Waals surface area contributed by atoms with Gasteiger partial charge in [0.2, 0.25) is 0 Å². The number of hydrogen-bond donors (Lipinski definition) is 1. The molecule has 1 aliphatic rings. The summed E-state index contributed by atoms with van der Waals surface area (Å²) in [5, 5.41) is 3.47. The molecular weight excluding hydrogens is 282 g/mol. The van der Waals surface area contributed by atoms with Gasteiger partial charge in [-0.15, -0.1) is 0 Å². The van der Waals surface area contributed by atoms with Crippen LogP contribution in [0.1, 0.15) is 37.7 Å². The summed E-state index contributed by atoms with van der Waals surface area (Å²) in [7, 11) is 0. The standard InChI is InChI=1S/C13H16BrNS/c14-11-6-4-5-10(9-11)13(16)15-12-7-2-1-3-8-12/h4-6,9,12H,1-3,7-8H2,(H,15,16). The fraction of sp³-hybridized carbons (Fsp3) is 0.462. The second-order valence-electron chi connectivity index (χ2n) is 4.32. The van der Waals surface area contributed by atoms with Crippen molar-refractivity contribution in [2.24, 2.45) is 0 Å². The third kappa shape index (κ3) is 3.29. The van der Waals surface area contributed by atoms with Crippen LogP contribution in [0, 0.1) is 0 Å². The van der Waals surface area contributed by atoms with E-state index in [2.05, 4.69) is 33.4 Å². The highest BCUT2D eigenvalue weighted by Gasteiger charge is 2.14. The Hall–Kier alpha value is -0.410. The fourth-order valence-corrected chi connectivity index (χ4v) is 2.84. The van der Waals surface area contributed by atoms with Crippen molar-refractivity contribution in [1.29, 1.82) is 0 Å². The molecule has 2 rings (SSSR count). The molecule has 0 spiro atoms. The minimum Gasteiger partial charge on any atom is -0.373 e. The second-order valence-corrected chi connectivity index (χ2v) is 5.64. The van der Waals surface area contributed by atoms with Gasteiger partial charge in [-0.3, -0.25) is 0 Å². The first-order chi connectivity index (χ1) is 7.75. The topological polar surface area (TPSA) is 12.0 Å². The van der Waals surface area contributed by atoms with Crippen molar-refractivity contribution in [3.8, 4) is 0 Å². The first kappa shape index (κ1) is 12.1. The van der Waals surface area contributed by atoms with E-state index in [1.165, 1.54) is 32.1 Å². The van der Waals surface area contributed by atoms with Crippen LogP contribution in [0.4, 0.5) is 0 Å². The summed E-state index contributed by atoms with van der Waals surface area (Å²) in [4.78, 5) is 0.883. The molecule has 1 saturated carbocycles. The van der Waals surface area contributed by atoms with Crippen LogP contribution in [0.25, 0.3) is 0 Å². The van der Waals surface area contributed by atoms with E-state index in [-0.39, 0.29) is 0 Å². The zero-order valence-electron chi connectivity index (χ0n) is 9.21. The summed E-state index contributed by atoms with van der Waals surface area (Å²) in [6.07, 6.45) is 6.56. The molecule has 0 heterocycles. The third-order valence-corrected chi connectivity index (χ3v) is 3.87. The largest absolute Gasteiger partial charge is 0.373 e. The van der Waals surface area contributed by atoms with Crippen LogP contribution in [0.15, 0.2) is 28.7 Å². The quantitative estimate of drug-likeness (QED) is 0.827. The summed E-state index contributed by atoms with van der Waals surface area (Å²) in [5.74, 6) is 0. The number of nitrogens with one attached hydrogen (secondary N) is 1. The van der Waals surface area contributed by atoms with Gasteiger partial charge in [0.05, 0.1) is 0 Å². The van der Waals surface area contributed by atoms with Crippen molar-refractivity contribution in [2.45, 2.75) is 38.1 Å². The van der Waals surface area contributed by atoms with Crippen LogP contribution >= 0.6 is 28.1 Å². The first-order valence-electron chi connectivity index (χ1n) is 5.82. The lowest BCUT2D eigenvalue weighted by molar-refractivity contribution is 0.415. The molecule has 0 unspecified atom stereocenters. The second kappa shape index (κ2) is 5.78. The summed E-state index contributed by atoms with van der Waals surface area (Å²) in [6.45, 7) is 0. The number of rotatable bonds is 2. The third-order valence-electron chi connectivity index (χ3n) is 3.03. The lowest BCUT2D eigenvalue weighted by atomic mass is 9.95. The summed E-state index contributed by atoms with van der Waals surface area (Å²) in [5.41, 5.74) is 1.11. The highest BCUT2D eigenvalue weighted by atomic mass is 79.9. The Morgan fingerprint density at radius 3 is 2.69 bits per heavy atom. The molecular formula is C13H16BrNS. The van der Waals surface area contributed by atoms with E-state index < -0.39 is 0 Å². The number of halogens is 1. The molecule has 1 aliphatic carbocycles. The zero-order valence-corrected chi connectivity index (χ0v) is 11.6. The normalized spacial score (nSPS) is 17.1. The highest BCUT2D eigenvalue weighted by Crippen LogP contribution is 2.18. The SMILES string of the molecule is S=C(NC1CCCCC1)c1cccc(Br)c1. The van der Waals surface area contributed by atoms with Crippen LogP contribution in [-0.2, 0) is 0 Å². The summed E-state index contributed by atoms with van der Waals surface area (Å²) < 4.78 is 1.08. The Morgan fingerprint density at radius 1 is 1.25 bits per heavy atom. The Balaban J connectivity index is 1.97. The molecule has 3 heteroatoms. The van der Waals surface area contributed by atoms with Crippen molar-refractivity contribution in [3.05, 3.63) is 34.3 Å². The van der Waals surface area contributed by atoms with Crippen molar-refractivity contribution >= 4 is 33.1 Å². The Bertz CT molecular complexity index is 372. The molecule has 16 heavy (non-hydrogen) atoms. The molecule has 0 atom stereocenters. The van der Waals surface area contributed by atoms with Gasteiger partial charge in [-0.1, -0.05) is 59.5 Å². The van der Waals surface area contributed by atoms with Crippen LogP contribution < -0.4 is 5.32 Å². The van der Waals surface area contributed by atoms with Gasteiger partial charge in [-0.2, -0.15) is 0 Å². The van der Waals surface area contributed by atoms with Crippen LogP contribution in [0.3, 0.4) is 0 Å².